The van der Waals surface area contributed by atoms with E-state index in [-0.39, 0.29) is 5.75 Å². The lowest BCUT2D eigenvalue weighted by molar-refractivity contribution is 0.352. The number of nitrogens with one attached hydrogen (secondary N) is 1. The van der Waals surface area contributed by atoms with Gasteiger partial charge in [-0.2, -0.15) is 0 Å². The van der Waals surface area contributed by atoms with Crippen LogP contribution in [0.4, 0.5) is 5.82 Å². The topological polar surface area (TPSA) is 57.6 Å². The molecule has 3 aromatic rings. The number of hydrogen-bond donors (Lipinski definition) is 2. The third-order valence-electron chi connectivity index (χ3n) is 5.53. The Morgan fingerprint density at radius 2 is 1.93 bits per heavy atom. The maximum atomic E-state index is 9.96. The molecule has 30 heavy (non-hydrogen) atoms. The summed E-state index contributed by atoms with van der Waals surface area (Å²) in [4.78, 5) is 9.97. The number of likely N-dealkylation sites (tertiary alicyclic amines) is 1. The van der Waals surface area contributed by atoms with E-state index in [1.807, 2.05) is 23.5 Å². The van der Waals surface area contributed by atoms with Gasteiger partial charge in [0.1, 0.15) is 5.82 Å². The van der Waals surface area contributed by atoms with Crippen molar-refractivity contribution in [3.63, 3.8) is 0 Å². The molecule has 0 unspecified atom stereocenters. The summed E-state index contributed by atoms with van der Waals surface area (Å²) in [5.74, 6) is 1.46. The van der Waals surface area contributed by atoms with Gasteiger partial charge < -0.3 is 20.1 Å². The van der Waals surface area contributed by atoms with Crippen LogP contribution >= 0.6 is 11.3 Å². The van der Waals surface area contributed by atoms with Gasteiger partial charge in [0.2, 0.25) is 0 Å². The summed E-state index contributed by atoms with van der Waals surface area (Å²) in [6.45, 7) is 6.49. The predicted octanol–water partition coefficient (Wildman–Crippen LogP) is 5.26. The summed E-state index contributed by atoms with van der Waals surface area (Å²) in [5, 5.41) is 13.5. The van der Waals surface area contributed by atoms with Crippen molar-refractivity contribution >= 4 is 17.2 Å². The highest BCUT2D eigenvalue weighted by atomic mass is 32.1. The number of hydrogen-bond acceptors (Lipinski definition) is 6. The van der Waals surface area contributed by atoms with E-state index in [0.29, 0.717) is 5.75 Å². The second-order valence-electron chi connectivity index (χ2n) is 7.61. The second-order valence-corrected chi connectivity index (χ2v) is 8.78. The van der Waals surface area contributed by atoms with Crippen molar-refractivity contribution in [1.29, 1.82) is 0 Å². The first-order valence-corrected chi connectivity index (χ1v) is 11.4. The van der Waals surface area contributed by atoms with Crippen molar-refractivity contribution in [2.24, 2.45) is 0 Å². The molecule has 158 valence electrons. The van der Waals surface area contributed by atoms with Crippen LogP contribution in [0.25, 0.3) is 21.7 Å². The fourth-order valence-corrected chi connectivity index (χ4v) is 4.75. The first-order valence-electron chi connectivity index (χ1n) is 10.6. The lowest BCUT2D eigenvalue weighted by Gasteiger charge is -2.16. The number of nitrogens with zero attached hydrogens (tertiary/aromatic N) is 2. The normalized spacial score (nSPS) is 14.2. The Kier molecular flexibility index (Phi) is 6.55. The molecule has 5 nitrogen and oxygen atoms in total. The molecule has 1 saturated heterocycles. The van der Waals surface area contributed by atoms with Crippen molar-refractivity contribution in [2.75, 3.05) is 38.6 Å². The molecule has 1 aliphatic heterocycles. The standard InChI is InChI=1S/C24H29N3O2S/c1-3-19-7-9-23(30-19)18-14-20(17-6-8-21(28)22(15-17)29-2)26-24(16-18)25-10-13-27-11-4-5-12-27/h6-9,14-16,28H,3-5,10-13H2,1-2H3,(H,25,26). The van der Waals surface area contributed by atoms with Crippen LogP contribution in [-0.2, 0) is 6.42 Å². The Bertz CT molecular complexity index is 996. The third kappa shape index (κ3) is 4.77. The van der Waals surface area contributed by atoms with Crippen LogP contribution in [0.5, 0.6) is 11.5 Å². The number of phenolic OH excluding ortho intramolecular Hbond substituents is 1. The zero-order valence-electron chi connectivity index (χ0n) is 17.6. The van der Waals surface area contributed by atoms with Gasteiger partial charge in [0, 0.05) is 28.4 Å². The summed E-state index contributed by atoms with van der Waals surface area (Å²) in [5.41, 5.74) is 2.93. The minimum absolute atomic E-state index is 0.132. The molecule has 0 saturated carbocycles. The number of rotatable bonds is 8. The monoisotopic (exact) mass is 423 g/mol. The molecule has 0 radical (unpaired) electrons. The molecule has 0 atom stereocenters. The van der Waals surface area contributed by atoms with E-state index in [0.717, 1.165) is 42.1 Å². The summed E-state index contributed by atoms with van der Waals surface area (Å²) in [6, 6.07) is 14.0. The molecule has 1 aliphatic rings. The van der Waals surface area contributed by atoms with Crippen LogP contribution in [0.1, 0.15) is 24.6 Å². The van der Waals surface area contributed by atoms with Gasteiger partial charge in [0.25, 0.3) is 0 Å². The largest absolute Gasteiger partial charge is 0.504 e. The summed E-state index contributed by atoms with van der Waals surface area (Å²) in [6.07, 6.45) is 3.65. The van der Waals surface area contributed by atoms with Crippen LogP contribution in [0.3, 0.4) is 0 Å². The van der Waals surface area contributed by atoms with Crippen molar-refractivity contribution in [2.45, 2.75) is 26.2 Å². The molecule has 6 heteroatoms. The SMILES string of the molecule is CCc1ccc(-c2cc(NCCN3CCCC3)nc(-c3ccc(O)c(OC)c3)c2)s1. The molecular weight excluding hydrogens is 394 g/mol. The smallest absolute Gasteiger partial charge is 0.161 e. The number of aromatic hydroxyl groups is 1. The fraction of sp³-hybridized carbons (Fsp3) is 0.375. The molecule has 0 spiro atoms. The van der Waals surface area contributed by atoms with Gasteiger partial charge in [-0.15, -0.1) is 11.3 Å². The van der Waals surface area contributed by atoms with E-state index in [1.165, 1.54) is 35.7 Å². The van der Waals surface area contributed by atoms with Crippen molar-refractivity contribution in [3.8, 4) is 33.2 Å². The van der Waals surface area contributed by atoms with Crippen LogP contribution in [0, 0.1) is 0 Å². The quantitative estimate of drug-likeness (QED) is 0.517. The van der Waals surface area contributed by atoms with Gasteiger partial charge in [-0.05, 0) is 80.4 Å². The summed E-state index contributed by atoms with van der Waals surface area (Å²) in [7, 11) is 1.56. The Balaban J connectivity index is 1.64. The van der Waals surface area contributed by atoms with E-state index in [4.69, 9.17) is 9.72 Å². The Morgan fingerprint density at radius 1 is 1.10 bits per heavy atom. The maximum Gasteiger partial charge on any atom is 0.161 e. The van der Waals surface area contributed by atoms with Crippen molar-refractivity contribution in [1.82, 2.24) is 9.88 Å². The predicted molar refractivity (Wildman–Crippen MR) is 125 cm³/mol. The Morgan fingerprint density at radius 3 is 2.67 bits per heavy atom. The number of anilines is 1. The van der Waals surface area contributed by atoms with Gasteiger partial charge in [-0.3, -0.25) is 0 Å². The highest BCUT2D eigenvalue weighted by Crippen LogP contribution is 2.35. The minimum Gasteiger partial charge on any atom is -0.504 e. The second kappa shape index (κ2) is 9.49. The highest BCUT2D eigenvalue weighted by molar-refractivity contribution is 7.15. The van der Waals surface area contributed by atoms with Gasteiger partial charge in [0.15, 0.2) is 11.5 Å². The highest BCUT2D eigenvalue weighted by Gasteiger charge is 2.13. The zero-order valence-corrected chi connectivity index (χ0v) is 18.5. The number of aryl methyl sites for hydroxylation is 1. The van der Waals surface area contributed by atoms with Crippen LogP contribution in [0.15, 0.2) is 42.5 Å². The number of thiophene rings is 1. The average molecular weight is 424 g/mol. The molecule has 3 heterocycles. The lowest BCUT2D eigenvalue weighted by Crippen LogP contribution is -2.26. The molecule has 0 bridgehead atoms. The first kappa shape index (κ1) is 20.7. The maximum absolute atomic E-state index is 9.96. The number of phenols is 1. The zero-order chi connectivity index (χ0) is 20.9. The van der Waals surface area contributed by atoms with Crippen molar-refractivity contribution in [3.05, 3.63) is 47.3 Å². The third-order valence-corrected chi connectivity index (χ3v) is 6.81. The van der Waals surface area contributed by atoms with Gasteiger partial charge in [-0.1, -0.05) is 6.92 Å². The van der Waals surface area contributed by atoms with E-state index < -0.39 is 0 Å². The van der Waals surface area contributed by atoms with Crippen LogP contribution < -0.4 is 10.1 Å². The van der Waals surface area contributed by atoms with Crippen LogP contribution in [0.2, 0.25) is 0 Å². The average Bonchev–Trinajstić information content (AvgIpc) is 3.46. The van der Waals surface area contributed by atoms with Gasteiger partial charge in [-0.25, -0.2) is 4.98 Å². The molecular formula is C24H29N3O2S. The van der Waals surface area contributed by atoms with Gasteiger partial charge in [0.05, 0.1) is 12.8 Å². The number of ether oxygens (including phenoxy) is 1. The first-order chi connectivity index (χ1) is 14.7. The minimum atomic E-state index is 0.132. The molecule has 1 aromatic carbocycles. The molecule has 0 amide bonds. The fourth-order valence-electron chi connectivity index (χ4n) is 3.82. The van der Waals surface area contributed by atoms with Crippen LogP contribution in [-0.4, -0.2) is 48.3 Å². The number of methoxy groups -OCH3 is 1. The lowest BCUT2D eigenvalue weighted by atomic mass is 10.1. The Hall–Kier alpha value is -2.57. The van der Waals surface area contributed by atoms with E-state index in [1.54, 1.807) is 13.2 Å². The van der Waals surface area contributed by atoms with E-state index in [2.05, 4.69) is 41.4 Å². The van der Waals surface area contributed by atoms with Crippen molar-refractivity contribution < 1.29 is 9.84 Å². The molecule has 2 N–H and O–H groups in total. The number of pyridine rings is 1. The molecule has 0 aliphatic carbocycles. The Labute approximate surface area is 182 Å². The van der Waals surface area contributed by atoms with E-state index >= 15 is 0 Å². The molecule has 4 rings (SSSR count). The molecule has 2 aromatic heterocycles. The number of benzene rings is 1. The number of aromatic nitrogens is 1. The summed E-state index contributed by atoms with van der Waals surface area (Å²) >= 11 is 1.82. The summed E-state index contributed by atoms with van der Waals surface area (Å²) < 4.78 is 5.30. The molecule has 1 fully saturated rings. The van der Waals surface area contributed by atoms with E-state index in [9.17, 15) is 5.11 Å². The van der Waals surface area contributed by atoms with Gasteiger partial charge >= 0.3 is 0 Å².